The Bertz CT molecular complexity index is 684. The van der Waals surface area contributed by atoms with Crippen LogP contribution in [0.2, 0.25) is 0 Å². The molecule has 3 N–H and O–H groups in total. The predicted molar refractivity (Wildman–Crippen MR) is 66.0 cm³/mol. The summed E-state index contributed by atoms with van der Waals surface area (Å²) in [5, 5.41) is 3.64. The molecule has 1 amide bonds. The molecule has 0 aromatic carbocycles. The van der Waals surface area contributed by atoms with E-state index in [0.29, 0.717) is 5.76 Å². The third-order valence-electron chi connectivity index (χ3n) is 1.96. The van der Waals surface area contributed by atoms with Crippen LogP contribution in [0.1, 0.15) is 16.1 Å². The predicted octanol–water partition coefficient (Wildman–Crippen LogP) is 0.789. The Labute approximate surface area is 106 Å². The number of hydrogen-bond donors (Lipinski definition) is 3. The topological polar surface area (TPSA) is 103 Å². The summed E-state index contributed by atoms with van der Waals surface area (Å²) in [5.41, 5.74) is 1.50. The third kappa shape index (κ3) is 2.80. The highest BCUT2D eigenvalue weighted by atomic mass is 32.1. The molecule has 2 rings (SSSR count). The molecule has 2 aromatic heterocycles. The molecule has 2 heterocycles. The second-order valence-electron chi connectivity index (χ2n) is 3.20. The zero-order chi connectivity index (χ0) is 13.0. The number of nitrogens with zero attached hydrogens (tertiary/aromatic N) is 1. The van der Waals surface area contributed by atoms with Crippen molar-refractivity contribution in [1.82, 2.24) is 15.4 Å². The molecule has 0 bridgehead atoms. The van der Waals surface area contributed by atoms with Crippen LogP contribution in [0.3, 0.4) is 0 Å². The number of hydrazone groups is 1. The van der Waals surface area contributed by atoms with E-state index in [1.165, 1.54) is 18.7 Å². The largest absolute Gasteiger partial charge is 0.463 e. The molecule has 8 heteroatoms. The molecule has 0 spiro atoms. The Morgan fingerprint density at radius 1 is 1.56 bits per heavy atom. The van der Waals surface area contributed by atoms with Gasteiger partial charge in [-0.3, -0.25) is 14.6 Å². The maximum Gasteiger partial charge on any atom is 0.278 e. The van der Waals surface area contributed by atoms with Gasteiger partial charge in [0.05, 0.1) is 12.5 Å². The van der Waals surface area contributed by atoms with Crippen LogP contribution in [0.4, 0.5) is 0 Å². The van der Waals surface area contributed by atoms with Gasteiger partial charge in [0.25, 0.3) is 11.5 Å². The Morgan fingerprint density at radius 3 is 3.06 bits per heavy atom. The molecule has 0 saturated heterocycles. The monoisotopic (exact) mass is 264 g/mol. The van der Waals surface area contributed by atoms with E-state index >= 15 is 0 Å². The van der Waals surface area contributed by atoms with Crippen molar-refractivity contribution in [2.75, 3.05) is 0 Å². The van der Waals surface area contributed by atoms with Gasteiger partial charge in [0.1, 0.15) is 11.3 Å². The number of nitrogens with one attached hydrogen (secondary N) is 3. The van der Waals surface area contributed by atoms with Gasteiger partial charge in [0, 0.05) is 6.20 Å². The molecule has 18 heavy (non-hydrogen) atoms. The lowest BCUT2D eigenvalue weighted by atomic mass is 10.3. The van der Waals surface area contributed by atoms with E-state index in [0.717, 1.165) is 0 Å². The maximum atomic E-state index is 11.6. The first-order valence-electron chi connectivity index (χ1n) is 4.86. The Balaban J connectivity index is 2.08. The molecule has 0 unspecified atom stereocenters. The lowest BCUT2D eigenvalue weighted by molar-refractivity contribution is 0.0953. The molecule has 0 aliphatic rings. The summed E-state index contributed by atoms with van der Waals surface area (Å²) in [6.07, 6.45) is 4.02. The summed E-state index contributed by atoms with van der Waals surface area (Å²) in [6.45, 7) is 0. The number of aromatic nitrogens is 2. The van der Waals surface area contributed by atoms with Gasteiger partial charge in [-0.15, -0.1) is 0 Å². The Morgan fingerprint density at radius 2 is 2.39 bits per heavy atom. The molecule has 7 nitrogen and oxygen atoms in total. The minimum absolute atomic E-state index is 0.111. The number of rotatable bonds is 3. The SMILES string of the molecule is O=C(NN=Cc1ccco1)c1c[nH]c(=S)[nH]c1=O. The average Bonchev–Trinajstić information content (AvgIpc) is 2.81. The fraction of sp³-hybridized carbons (Fsp3) is 0. The Kier molecular flexibility index (Phi) is 3.49. The summed E-state index contributed by atoms with van der Waals surface area (Å²) in [5.74, 6) is -0.165. The van der Waals surface area contributed by atoms with Crippen LogP contribution < -0.4 is 11.0 Å². The summed E-state index contributed by atoms with van der Waals surface area (Å²) in [4.78, 5) is 27.8. The van der Waals surface area contributed by atoms with Gasteiger partial charge in [-0.25, -0.2) is 5.43 Å². The van der Waals surface area contributed by atoms with Crippen molar-refractivity contribution in [3.8, 4) is 0 Å². The van der Waals surface area contributed by atoms with Crippen LogP contribution >= 0.6 is 12.2 Å². The zero-order valence-electron chi connectivity index (χ0n) is 8.97. The van der Waals surface area contributed by atoms with Gasteiger partial charge in [-0.05, 0) is 24.4 Å². The van der Waals surface area contributed by atoms with Gasteiger partial charge in [0.15, 0.2) is 4.77 Å². The zero-order valence-corrected chi connectivity index (χ0v) is 9.78. The van der Waals surface area contributed by atoms with Crippen molar-refractivity contribution < 1.29 is 9.21 Å². The molecular weight excluding hydrogens is 256 g/mol. The molecule has 0 aliphatic heterocycles. The van der Waals surface area contributed by atoms with Gasteiger partial charge in [0.2, 0.25) is 0 Å². The number of H-pyrrole nitrogens is 2. The van der Waals surface area contributed by atoms with E-state index in [1.807, 2.05) is 0 Å². The van der Waals surface area contributed by atoms with E-state index in [-0.39, 0.29) is 10.3 Å². The molecule has 0 fully saturated rings. The van der Waals surface area contributed by atoms with Crippen LogP contribution in [0, 0.1) is 4.77 Å². The summed E-state index contributed by atoms with van der Waals surface area (Å²) in [6, 6.07) is 3.35. The number of carbonyl (C=O) groups is 1. The number of hydrogen-bond acceptors (Lipinski definition) is 5. The van der Waals surface area contributed by atoms with Gasteiger partial charge in [-0.2, -0.15) is 5.10 Å². The molecule has 92 valence electrons. The average molecular weight is 264 g/mol. The fourth-order valence-electron chi connectivity index (χ4n) is 1.16. The first kappa shape index (κ1) is 12.0. The van der Waals surface area contributed by atoms with E-state index in [9.17, 15) is 9.59 Å². The summed E-state index contributed by atoms with van der Waals surface area (Å²) < 4.78 is 5.12. The highest BCUT2D eigenvalue weighted by molar-refractivity contribution is 7.71. The second kappa shape index (κ2) is 5.23. The second-order valence-corrected chi connectivity index (χ2v) is 3.61. The quantitative estimate of drug-likeness (QED) is 0.433. The van der Waals surface area contributed by atoms with Crippen molar-refractivity contribution >= 4 is 24.3 Å². The van der Waals surface area contributed by atoms with Crippen LogP contribution in [-0.2, 0) is 0 Å². The minimum Gasteiger partial charge on any atom is -0.463 e. The molecule has 0 saturated carbocycles. The molecule has 0 radical (unpaired) electrons. The van der Waals surface area contributed by atoms with Crippen molar-refractivity contribution in [1.29, 1.82) is 0 Å². The smallest absolute Gasteiger partial charge is 0.278 e. The highest BCUT2D eigenvalue weighted by Gasteiger charge is 2.08. The van der Waals surface area contributed by atoms with Crippen molar-refractivity contribution in [2.45, 2.75) is 0 Å². The van der Waals surface area contributed by atoms with Gasteiger partial charge in [-0.1, -0.05) is 0 Å². The Hall–Kier alpha value is -2.48. The van der Waals surface area contributed by atoms with Crippen LogP contribution in [0.15, 0.2) is 38.9 Å². The number of carbonyl (C=O) groups excluding carboxylic acids is 1. The fourth-order valence-corrected chi connectivity index (χ4v) is 1.31. The van der Waals surface area contributed by atoms with Crippen molar-refractivity contribution in [3.63, 3.8) is 0 Å². The van der Waals surface area contributed by atoms with E-state index < -0.39 is 11.5 Å². The number of aromatic amines is 2. The lowest BCUT2D eigenvalue weighted by Gasteiger charge is -1.97. The summed E-state index contributed by atoms with van der Waals surface area (Å²) in [7, 11) is 0. The molecular formula is C10H8N4O3S. The molecule has 0 atom stereocenters. The normalized spacial score (nSPS) is 10.7. The van der Waals surface area contributed by atoms with E-state index in [4.69, 9.17) is 16.6 Å². The van der Waals surface area contributed by atoms with Crippen LogP contribution in [0.25, 0.3) is 0 Å². The van der Waals surface area contributed by atoms with Crippen LogP contribution in [-0.4, -0.2) is 22.1 Å². The maximum absolute atomic E-state index is 11.6. The van der Waals surface area contributed by atoms with Crippen molar-refractivity contribution in [3.05, 3.63) is 51.0 Å². The van der Waals surface area contributed by atoms with E-state index in [1.54, 1.807) is 12.1 Å². The van der Waals surface area contributed by atoms with E-state index in [2.05, 4.69) is 20.5 Å². The first-order valence-corrected chi connectivity index (χ1v) is 5.26. The molecule has 2 aromatic rings. The van der Waals surface area contributed by atoms with Crippen LogP contribution in [0.5, 0.6) is 0 Å². The minimum atomic E-state index is -0.648. The molecule has 0 aliphatic carbocycles. The number of furan rings is 1. The van der Waals surface area contributed by atoms with Gasteiger partial charge >= 0.3 is 0 Å². The highest BCUT2D eigenvalue weighted by Crippen LogP contribution is 1.94. The number of amides is 1. The first-order chi connectivity index (χ1) is 8.66. The third-order valence-corrected chi connectivity index (χ3v) is 2.18. The van der Waals surface area contributed by atoms with Crippen molar-refractivity contribution in [2.24, 2.45) is 5.10 Å². The standard InChI is InChI=1S/C10H8N4O3S/c15-8-7(5-11-10(18)13-8)9(16)14-12-4-6-2-1-3-17-6/h1-5H,(H,14,16)(H2,11,13,15,18). The summed E-state index contributed by atoms with van der Waals surface area (Å²) >= 11 is 4.70. The van der Waals surface area contributed by atoms with Gasteiger partial charge < -0.3 is 9.40 Å². The lowest BCUT2D eigenvalue weighted by Crippen LogP contribution is -2.26.